The highest BCUT2D eigenvalue weighted by atomic mass is 16.5. The van der Waals surface area contributed by atoms with Gasteiger partial charge in [0.25, 0.3) is 0 Å². The third-order valence-electron chi connectivity index (χ3n) is 2.93. The van der Waals surface area contributed by atoms with Crippen LogP contribution < -0.4 is 15.4 Å². The highest BCUT2D eigenvalue weighted by Gasteiger charge is 2.06. The number of nitrogens with zero attached hydrogens (tertiary/aromatic N) is 2. The van der Waals surface area contributed by atoms with Gasteiger partial charge in [0.05, 0.1) is 19.3 Å². The van der Waals surface area contributed by atoms with E-state index in [0.717, 1.165) is 28.5 Å². The Morgan fingerprint density at radius 1 is 1.26 bits per heavy atom. The minimum atomic E-state index is 0.710. The number of methoxy groups -OCH3 is 1. The first-order valence-electron chi connectivity index (χ1n) is 6.16. The van der Waals surface area contributed by atoms with Crippen molar-refractivity contribution in [1.82, 2.24) is 4.98 Å². The molecule has 1 heterocycles. The van der Waals surface area contributed by atoms with E-state index in [1.54, 1.807) is 7.11 Å². The van der Waals surface area contributed by atoms with E-state index < -0.39 is 0 Å². The average molecular weight is 257 g/mol. The Bertz CT molecular complexity index is 569. The van der Waals surface area contributed by atoms with Gasteiger partial charge < -0.3 is 15.4 Å². The number of hydrogen-bond acceptors (Lipinski definition) is 4. The van der Waals surface area contributed by atoms with Crippen molar-refractivity contribution in [2.75, 3.05) is 24.8 Å². The highest BCUT2D eigenvalue weighted by molar-refractivity contribution is 5.55. The van der Waals surface area contributed by atoms with Crippen molar-refractivity contribution in [3.05, 3.63) is 47.8 Å². The van der Waals surface area contributed by atoms with Gasteiger partial charge in [0, 0.05) is 36.2 Å². The number of hydrogen-bond donors (Lipinski definition) is 1. The van der Waals surface area contributed by atoms with Gasteiger partial charge in [-0.25, -0.2) is 0 Å². The lowest BCUT2D eigenvalue weighted by molar-refractivity contribution is 0.413. The van der Waals surface area contributed by atoms with Gasteiger partial charge >= 0.3 is 0 Å². The van der Waals surface area contributed by atoms with Crippen molar-refractivity contribution >= 4 is 11.4 Å². The molecular formula is C15H19N3O. The summed E-state index contributed by atoms with van der Waals surface area (Å²) in [5.74, 6) is 0.837. The zero-order valence-corrected chi connectivity index (χ0v) is 11.6. The maximum Gasteiger partial charge on any atom is 0.122 e. The van der Waals surface area contributed by atoms with E-state index >= 15 is 0 Å². The molecule has 0 saturated carbocycles. The van der Waals surface area contributed by atoms with E-state index in [9.17, 15) is 0 Å². The summed E-state index contributed by atoms with van der Waals surface area (Å²) in [6, 6.07) is 11.7. The Morgan fingerprint density at radius 3 is 2.74 bits per heavy atom. The number of pyridine rings is 1. The molecule has 4 heteroatoms. The zero-order valence-electron chi connectivity index (χ0n) is 11.6. The van der Waals surface area contributed by atoms with Crippen LogP contribution in [-0.2, 0) is 6.54 Å². The minimum absolute atomic E-state index is 0.710. The molecule has 0 unspecified atom stereocenters. The predicted octanol–water partition coefficient (Wildman–Crippen LogP) is 2.62. The van der Waals surface area contributed by atoms with Gasteiger partial charge in [-0.3, -0.25) is 4.98 Å². The van der Waals surface area contributed by atoms with Crippen LogP contribution in [-0.4, -0.2) is 19.1 Å². The van der Waals surface area contributed by atoms with Crippen LogP contribution in [0.1, 0.15) is 11.4 Å². The van der Waals surface area contributed by atoms with Gasteiger partial charge in [0.15, 0.2) is 0 Å². The molecule has 2 aromatic rings. The quantitative estimate of drug-likeness (QED) is 0.855. The van der Waals surface area contributed by atoms with E-state index in [1.807, 2.05) is 50.4 Å². The Hall–Kier alpha value is -2.23. The fraction of sp³-hybridized carbons (Fsp3) is 0.267. The summed E-state index contributed by atoms with van der Waals surface area (Å²) in [7, 11) is 3.69. The highest BCUT2D eigenvalue weighted by Crippen LogP contribution is 2.20. The molecule has 1 aromatic heterocycles. The molecule has 2 rings (SSSR count). The van der Waals surface area contributed by atoms with Crippen molar-refractivity contribution in [1.29, 1.82) is 0 Å². The molecule has 0 aliphatic rings. The molecular weight excluding hydrogens is 238 g/mol. The van der Waals surface area contributed by atoms with Crippen LogP contribution in [0.15, 0.2) is 36.4 Å². The Morgan fingerprint density at radius 2 is 2.05 bits per heavy atom. The Labute approximate surface area is 113 Å². The first-order valence-corrected chi connectivity index (χ1v) is 6.16. The number of nitrogens with two attached hydrogens (primary N) is 1. The lowest BCUT2D eigenvalue weighted by Gasteiger charge is -2.19. The van der Waals surface area contributed by atoms with Crippen molar-refractivity contribution in [2.45, 2.75) is 13.5 Å². The van der Waals surface area contributed by atoms with Crippen LogP contribution in [0.25, 0.3) is 0 Å². The fourth-order valence-electron chi connectivity index (χ4n) is 2.00. The predicted molar refractivity (Wildman–Crippen MR) is 78.5 cm³/mol. The fourth-order valence-corrected chi connectivity index (χ4v) is 2.00. The van der Waals surface area contributed by atoms with Gasteiger partial charge in [-0.05, 0) is 25.1 Å². The van der Waals surface area contributed by atoms with Crippen molar-refractivity contribution in [3.63, 3.8) is 0 Å². The molecule has 19 heavy (non-hydrogen) atoms. The Kier molecular flexibility index (Phi) is 3.90. The number of aryl methyl sites for hydroxylation is 1. The van der Waals surface area contributed by atoms with Crippen LogP contribution in [0.2, 0.25) is 0 Å². The summed E-state index contributed by atoms with van der Waals surface area (Å²) >= 11 is 0. The monoisotopic (exact) mass is 257 g/mol. The standard InChI is InChI=1S/C15H19N3O/c1-11-7-15(19-3)9-13(17-11)10-18(2)14-6-4-5-12(16)8-14/h4-9H,10,16H2,1-3H3. The number of ether oxygens (including phenoxy) is 1. The maximum atomic E-state index is 5.80. The molecule has 0 aliphatic carbocycles. The summed E-state index contributed by atoms with van der Waals surface area (Å²) < 4.78 is 5.26. The zero-order chi connectivity index (χ0) is 13.8. The topological polar surface area (TPSA) is 51.4 Å². The van der Waals surface area contributed by atoms with Gasteiger partial charge in [-0.15, -0.1) is 0 Å². The van der Waals surface area contributed by atoms with E-state index in [1.165, 1.54) is 0 Å². The molecule has 0 aliphatic heterocycles. The summed E-state index contributed by atoms with van der Waals surface area (Å²) in [5, 5.41) is 0. The Balaban J connectivity index is 2.18. The van der Waals surface area contributed by atoms with Crippen LogP contribution in [0, 0.1) is 6.92 Å². The molecule has 0 saturated heterocycles. The molecule has 1 aromatic carbocycles. The lowest BCUT2D eigenvalue weighted by atomic mass is 10.2. The number of benzene rings is 1. The second kappa shape index (κ2) is 5.61. The smallest absolute Gasteiger partial charge is 0.122 e. The lowest BCUT2D eigenvalue weighted by Crippen LogP contribution is -2.17. The number of rotatable bonds is 4. The van der Waals surface area contributed by atoms with Crippen LogP contribution >= 0.6 is 0 Å². The van der Waals surface area contributed by atoms with Gasteiger partial charge in [-0.2, -0.15) is 0 Å². The van der Waals surface area contributed by atoms with Gasteiger partial charge in [-0.1, -0.05) is 6.07 Å². The molecule has 0 spiro atoms. The summed E-state index contributed by atoms with van der Waals surface area (Å²) in [6.45, 7) is 2.67. The maximum absolute atomic E-state index is 5.80. The molecule has 0 bridgehead atoms. The molecule has 0 radical (unpaired) electrons. The average Bonchev–Trinajstić information content (AvgIpc) is 2.38. The molecule has 2 N–H and O–H groups in total. The largest absolute Gasteiger partial charge is 0.497 e. The van der Waals surface area contributed by atoms with Gasteiger partial charge in [0.2, 0.25) is 0 Å². The van der Waals surface area contributed by atoms with E-state index in [-0.39, 0.29) is 0 Å². The molecule has 0 fully saturated rings. The summed E-state index contributed by atoms with van der Waals surface area (Å²) in [4.78, 5) is 6.63. The number of aromatic nitrogens is 1. The first-order chi connectivity index (χ1) is 9.08. The number of nitrogen functional groups attached to an aromatic ring is 1. The normalized spacial score (nSPS) is 10.3. The van der Waals surface area contributed by atoms with Crippen molar-refractivity contribution in [3.8, 4) is 5.75 Å². The summed E-state index contributed by atoms with van der Waals surface area (Å²) in [5.41, 5.74) is 9.56. The van der Waals surface area contributed by atoms with Gasteiger partial charge in [0.1, 0.15) is 5.75 Å². The molecule has 0 atom stereocenters. The van der Waals surface area contributed by atoms with Crippen LogP contribution in [0.5, 0.6) is 5.75 Å². The number of anilines is 2. The van der Waals surface area contributed by atoms with E-state index in [4.69, 9.17) is 10.5 Å². The summed E-state index contributed by atoms with van der Waals surface area (Å²) in [6.07, 6.45) is 0. The van der Waals surface area contributed by atoms with E-state index in [2.05, 4.69) is 9.88 Å². The van der Waals surface area contributed by atoms with E-state index in [0.29, 0.717) is 6.54 Å². The minimum Gasteiger partial charge on any atom is -0.497 e. The molecule has 100 valence electrons. The second-order valence-corrected chi connectivity index (χ2v) is 4.59. The SMILES string of the molecule is COc1cc(C)nc(CN(C)c2cccc(N)c2)c1. The third-order valence-corrected chi connectivity index (χ3v) is 2.93. The molecule has 4 nitrogen and oxygen atoms in total. The second-order valence-electron chi connectivity index (χ2n) is 4.59. The van der Waals surface area contributed by atoms with Crippen LogP contribution in [0.3, 0.4) is 0 Å². The molecule has 0 amide bonds. The first kappa shape index (κ1) is 13.2. The van der Waals surface area contributed by atoms with Crippen molar-refractivity contribution < 1.29 is 4.74 Å². The van der Waals surface area contributed by atoms with Crippen molar-refractivity contribution in [2.24, 2.45) is 0 Å². The van der Waals surface area contributed by atoms with Crippen LogP contribution in [0.4, 0.5) is 11.4 Å². The third kappa shape index (κ3) is 3.37.